The van der Waals surface area contributed by atoms with Crippen LogP contribution in [0.15, 0.2) is 36.4 Å². The van der Waals surface area contributed by atoms with Crippen molar-refractivity contribution in [2.75, 3.05) is 11.9 Å². The summed E-state index contributed by atoms with van der Waals surface area (Å²) < 4.78 is 26.0. The number of carbonyl (C=O) groups excluding carboxylic acids is 2. The summed E-state index contributed by atoms with van der Waals surface area (Å²) >= 11 is 0. The second-order valence-corrected chi connectivity index (χ2v) is 6.05. The normalized spacial score (nSPS) is 10.6. The Morgan fingerprint density at radius 2 is 1.80 bits per heavy atom. The van der Waals surface area contributed by atoms with E-state index in [9.17, 15) is 18.4 Å². The average Bonchev–Trinajstić information content (AvgIpc) is 2.56. The fourth-order valence-corrected chi connectivity index (χ4v) is 2.43. The smallest absolute Gasteiger partial charge is 0.251 e. The minimum Gasteiger partial charge on any atom is -0.343 e. The molecule has 0 unspecified atom stereocenters. The van der Waals surface area contributed by atoms with Crippen LogP contribution in [-0.2, 0) is 4.79 Å². The number of halogens is 2. The van der Waals surface area contributed by atoms with Crippen molar-refractivity contribution in [3.05, 3.63) is 64.7 Å². The second-order valence-electron chi connectivity index (χ2n) is 6.05. The third kappa shape index (κ3) is 4.62. The Hall–Kier alpha value is -2.76. The van der Waals surface area contributed by atoms with Crippen molar-refractivity contribution in [1.29, 1.82) is 0 Å². The van der Waals surface area contributed by atoms with Gasteiger partial charge in [0, 0.05) is 11.3 Å². The molecular formula is C19H20F2N2O2. The highest BCUT2D eigenvalue weighted by atomic mass is 19.2. The zero-order chi connectivity index (χ0) is 18.6. The number of nitrogens with one attached hydrogen (secondary N) is 2. The van der Waals surface area contributed by atoms with E-state index in [0.29, 0.717) is 0 Å². The Balaban J connectivity index is 2.02. The van der Waals surface area contributed by atoms with Gasteiger partial charge in [0.25, 0.3) is 5.91 Å². The number of para-hydroxylation sites is 1. The van der Waals surface area contributed by atoms with Crippen LogP contribution >= 0.6 is 0 Å². The zero-order valence-corrected chi connectivity index (χ0v) is 14.3. The summed E-state index contributed by atoms with van der Waals surface area (Å²) in [6, 6.07) is 8.57. The largest absolute Gasteiger partial charge is 0.343 e. The van der Waals surface area contributed by atoms with E-state index < -0.39 is 23.4 Å². The van der Waals surface area contributed by atoms with Crippen molar-refractivity contribution in [2.24, 2.45) is 0 Å². The number of aryl methyl sites for hydroxylation is 1. The number of hydrogen-bond acceptors (Lipinski definition) is 2. The van der Waals surface area contributed by atoms with Crippen LogP contribution < -0.4 is 10.6 Å². The first kappa shape index (κ1) is 18.6. The van der Waals surface area contributed by atoms with Crippen LogP contribution in [0.1, 0.15) is 41.3 Å². The molecule has 2 aromatic rings. The maximum atomic E-state index is 13.2. The molecule has 0 bridgehead atoms. The van der Waals surface area contributed by atoms with Gasteiger partial charge in [-0.25, -0.2) is 8.78 Å². The molecule has 0 saturated heterocycles. The zero-order valence-electron chi connectivity index (χ0n) is 14.3. The van der Waals surface area contributed by atoms with E-state index >= 15 is 0 Å². The van der Waals surface area contributed by atoms with Gasteiger partial charge in [0.15, 0.2) is 11.6 Å². The number of hydrogen-bond donors (Lipinski definition) is 2. The van der Waals surface area contributed by atoms with Gasteiger partial charge in [-0.05, 0) is 42.2 Å². The van der Waals surface area contributed by atoms with Crippen LogP contribution in [0.4, 0.5) is 14.5 Å². The molecule has 0 heterocycles. The molecule has 0 saturated carbocycles. The highest BCUT2D eigenvalue weighted by Crippen LogP contribution is 2.27. The molecule has 2 aromatic carbocycles. The molecule has 0 aliphatic rings. The van der Waals surface area contributed by atoms with Gasteiger partial charge >= 0.3 is 0 Å². The Labute approximate surface area is 145 Å². The van der Waals surface area contributed by atoms with Gasteiger partial charge in [0.1, 0.15) is 0 Å². The van der Waals surface area contributed by atoms with Crippen molar-refractivity contribution < 1.29 is 18.4 Å². The molecule has 132 valence electrons. The van der Waals surface area contributed by atoms with E-state index in [4.69, 9.17) is 0 Å². The van der Waals surface area contributed by atoms with Crippen molar-refractivity contribution in [1.82, 2.24) is 5.32 Å². The van der Waals surface area contributed by atoms with E-state index in [-0.39, 0.29) is 18.0 Å². The summed E-state index contributed by atoms with van der Waals surface area (Å²) in [5.41, 5.74) is 2.60. The van der Waals surface area contributed by atoms with Crippen LogP contribution in [0.5, 0.6) is 0 Å². The summed E-state index contributed by atoms with van der Waals surface area (Å²) in [5.74, 6) is -2.96. The molecule has 0 spiro atoms. The average molecular weight is 346 g/mol. The van der Waals surface area contributed by atoms with Gasteiger partial charge in [0.05, 0.1) is 6.54 Å². The highest BCUT2D eigenvalue weighted by Gasteiger charge is 2.14. The number of amides is 2. The third-order valence-electron chi connectivity index (χ3n) is 3.78. The van der Waals surface area contributed by atoms with Crippen LogP contribution in [0.25, 0.3) is 0 Å². The lowest BCUT2D eigenvalue weighted by Gasteiger charge is -2.16. The summed E-state index contributed by atoms with van der Waals surface area (Å²) in [7, 11) is 0. The molecule has 0 radical (unpaired) electrons. The molecule has 2 N–H and O–H groups in total. The lowest BCUT2D eigenvalue weighted by atomic mass is 9.98. The standard InChI is InChI=1S/C19H20F2N2O2/c1-11(2)14-6-4-5-12(3)18(14)23-17(24)10-22-19(25)13-7-8-15(20)16(21)9-13/h4-9,11H,10H2,1-3H3,(H,22,25)(H,23,24). The van der Waals surface area contributed by atoms with E-state index in [1.165, 1.54) is 0 Å². The summed E-state index contributed by atoms with van der Waals surface area (Å²) in [4.78, 5) is 24.1. The molecule has 4 nitrogen and oxygen atoms in total. The molecule has 0 aromatic heterocycles. The fraction of sp³-hybridized carbons (Fsp3) is 0.263. The summed E-state index contributed by atoms with van der Waals surface area (Å²) in [6.45, 7) is 5.66. The van der Waals surface area contributed by atoms with Crippen LogP contribution in [-0.4, -0.2) is 18.4 Å². The minimum absolute atomic E-state index is 0.0505. The topological polar surface area (TPSA) is 58.2 Å². The maximum absolute atomic E-state index is 13.2. The van der Waals surface area contributed by atoms with E-state index in [0.717, 1.165) is 35.0 Å². The molecule has 0 atom stereocenters. The number of anilines is 1. The number of benzene rings is 2. The molecule has 6 heteroatoms. The lowest BCUT2D eigenvalue weighted by molar-refractivity contribution is -0.115. The van der Waals surface area contributed by atoms with Gasteiger partial charge < -0.3 is 10.6 Å². The van der Waals surface area contributed by atoms with Gasteiger partial charge in [-0.15, -0.1) is 0 Å². The molecule has 25 heavy (non-hydrogen) atoms. The first-order chi connectivity index (χ1) is 11.8. The fourth-order valence-electron chi connectivity index (χ4n) is 2.43. The molecule has 2 amide bonds. The predicted octanol–water partition coefficient (Wildman–Crippen LogP) is 3.77. The van der Waals surface area contributed by atoms with Crippen LogP contribution in [0.3, 0.4) is 0 Å². The Morgan fingerprint density at radius 3 is 2.44 bits per heavy atom. The quantitative estimate of drug-likeness (QED) is 0.866. The third-order valence-corrected chi connectivity index (χ3v) is 3.78. The summed E-state index contributed by atoms with van der Waals surface area (Å²) in [5, 5.41) is 5.19. The Morgan fingerprint density at radius 1 is 1.08 bits per heavy atom. The van der Waals surface area contributed by atoms with Crippen molar-refractivity contribution in [2.45, 2.75) is 26.7 Å². The molecule has 0 fully saturated rings. The van der Waals surface area contributed by atoms with Crippen LogP contribution in [0, 0.1) is 18.6 Å². The van der Waals surface area contributed by atoms with Crippen molar-refractivity contribution >= 4 is 17.5 Å². The van der Waals surface area contributed by atoms with Crippen molar-refractivity contribution in [3.8, 4) is 0 Å². The molecular weight excluding hydrogens is 326 g/mol. The predicted molar refractivity (Wildman–Crippen MR) is 92.6 cm³/mol. The van der Waals surface area contributed by atoms with Crippen molar-refractivity contribution in [3.63, 3.8) is 0 Å². The summed E-state index contributed by atoms with van der Waals surface area (Å²) in [6.07, 6.45) is 0. The van der Waals surface area contributed by atoms with Gasteiger partial charge in [-0.2, -0.15) is 0 Å². The molecule has 2 rings (SSSR count). The van der Waals surface area contributed by atoms with Gasteiger partial charge in [-0.1, -0.05) is 32.0 Å². The minimum atomic E-state index is -1.11. The first-order valence-electron chi connectivity index (χ1n) is 7.92. The first-order valence-corrected chi connectivity index (χ1v) is 7.92. The Bertz CT molecular complexity index is 804. The highest BCUT2D eigenvalue weighted by molar-refractivity contribution is 5.99. The number of carbonyl (C=O) groups is 2. The molecule has 0 aliphatic heterocycles. The van der Waals surface area contributed by atoms with Gasteiger partial charge in [-0.3, -0.25) is 9.59 Å². The lowest BCUT2D eigenvalue weighted by Crippen LogP contribution is -2.33. The van der Waals surface area contributed by atoms with E-state index in [1.54, 1.807) is 0 Å². The SMILES string of the molecule is Cc1cccc(C(C)C)c1NC(=O)CNC(=O)c1ccc(F)c(F)c1. The van der Waals surface area contributed by atoms with E-state index in [2.05, 4.69) is 10.6 Å². The van der Waals surface area contributed by atoms with Gasteiger partial charge in [0.2, 0.25) is 5.91 Å². The Kier molecular flexibility index (Phi) is 5.85. The number of rotatable bonds is 5. The molecule has 0 aliphatic carbocycles. The maximum Gasteiger partial charge on any atom is 0.251 e. The monoisotopic (exact) mass is 346 g/mol. The van der Waals surface area contributed by atoms with E-state index in [1.807, 2.05) is 39.0 Å². The second kappa shape index (κ2) is 7.88. The van der Waals surface area contributed by atoms with Crippen LogP contribution in [0.2, 0.25) is 0 Å².